The molecule has 1 aromatic heterocycles. The van der Waals surface area contributed by atoms with E-state index in [1.54, 1.807) is 52.0 Å². The Balaban J connectivity index is 2.33. The summed E-state index contributed by atoms with van der Waals surface area (Å²) in [6.07, 6.45) is 0.773. The fourth-order valence-electron chi connectivity index (χ4n) is 3.82. The molecule has 0 atom stereocenters. The summed E-state index contributed by atoms with van der Waals surface area (Å²) in [6.45, 7) is 6.70. The molecule has 0 aliphatic carbocycles. The van der Waals surface area contributed by atoms with Gasteiger partial charge in [0.05, 0.1) is 21.5 Å². The SMILES string of the molecule is CCS(=O)(=O)Cc1ccc(C(=O)c2cccc(Cl)c2Cl)c(-c2cn(C)c(=O)cc2N(C)C(=O)OC(C)(C)C)c1. The third-order valence-corrected chi connectivity index (χ3v) is 8.35. The molecule has 3 aromatic rings. The van der Waals surface area contributed by atoms with Gasteiger partial charge in [-0.2, -0.15) is 0 Å². The zero-order chi connectivity index (χ0) is 29.3. The molecule has 0 saturated heterocycles. The van der Waals surface area contributed by atoms with Gasteiger partial charge in [0.1, 0.15) is 5.60 Å². The summed E-state index contributed by atoms with van der Waals surface area (Å²) in [5, 5.41) is 0.265. The van der Waals surface area contributed by atoms with Crippen molar-refractivity contribution in [2.24, 2.45) is 7.05 Å². The van der Waals surface area contributed by atoms with Crippen molar-refractivity contribution < 1.29 is 22.7 Å². The van der Waals surface area contributed by atoms with Gasteiger partial charge in [-0.3, -0.25) is 14.5 Å². The van der Waals surface area contributed by atoms with Gasteiger partial charge in [0.15, 0.2) is 15.6 Å². The maximum Gasteiger partial charge on any atom is 0.414 e. The number of anilines is 1. The summed E-state index contributed by atoms with van der Waals surface area (Å²) in [5.74, 6) is -0.790. The maximum atomic E-state index is 13.8. The smallest absolute Gasteiger partial charge is 0.414 e. The van der Waals surface area contributed by atoms with Gasteiger partial charge in [-0.15, -0.1) is 0 Å². The highest BCUT2D eigenvalue weighted by Gasteiger charge is 2.26. The van der Waals surface area contributed by atoms with Crippen LogP contribution >= 0.6 is 23.2 Å². The van der Waals surface area contributed by atoms with E-state index in [0.717, 1.165) is 0 Å². The lowest BCUT2D eigenvalue weighted by Gasteiger charge is -2.26. The van der Waals surface area contributed by atoms with Crippen molar-refractivity contribution in [2.75, 3.05) is 17.7 Å². The number of halogens is 2. The van der Waals surface area contributed by atoms with Crippen LogP contribution < -0.4 is 10.5 Å². The van der Waals surface area contributed by atoms with Gasteiger partial charge < -0.3 is 9.30 Å². The molecule has 0 unspecified atom stereocenters. The summed E-state index contributed by atoms with van der Waals surface area (Å²) in [7, 11) is -0.424. The molecule has 39 heavy (non-hydrogen) atoms. The van der Waals surface area contributed by atoms with Crippen LogP contribution in [-0.4, -0.2) is 43.3 Å². The van der Waals surface area contributed by atoms with Crippen LogP contribution in [0.3, 0.4) is 0 Å². The summed E-state index contributed by atoms with van der Waals surface area (Å²) in [6, 6.07) is 10.6. The minimum absolute atomic E-state index is 0.0619. The molecule has 3 rings (SSSR count). The third kappa shape index (κ3) is 7.09. The number of ether oxygens (including phenoxy) is 1. The highest BCUT2D eigenvalue weighted by Crippen LogP contribution is 2.36. The quantitative estimate of drug-likeness (QED) is 0.317. The van der Waals surface area contributed by atoms with Crippen LogP contribution in [0.15, 0.2) is 53.5 Å². The number of hydrogen-bond acceptors (Lipinski definition) is 6. The third-order valence-electron chi connectivity index (χ3n) is 5.88. The molecule has 0 saturated carbocycles. The fraction of sp³-hybridized carbons (Fsp3) is 0.321. The molecule has 0 fully saturated rings. The summed E-state index contributed by atoms with van der Waals surface area (Å²) >= 11 is 12.5. The number of rotatable bonds is 7. The number of amides is 1. The van der Waals surface area contributed by atoms with E-state index in [2.05, 4.69) is 0 Å². The van der Waals surface area contributed by atoms with Gasteiger partial charge in [0, 0.05) is 48.8 Å². The molecule has 0 aliphatic rings. The Morgan fingerprint density at radius 2 is 1.69 bits per heavy atom. The van der Waals surface area contributed by atoms with E-state index in [1.807, 2.05) is 0 Å². The van der Waals surface area contributed by atoms with Crippen LogP contribution in [0.2, 0.25) is 10.0 Å². The highest BCUT2D eigenvalue weighted by atomic mass is 35.5. The zero-order valence-electron chi connectivity index (χ0n) is 22.5. The normalized spacial score (nSPS) is 11.8. The number of ketones is 1. The molecule has 0 spiro atoms. The number of pyridine rings is 1. The molecule has 0 bridgehead atoms. The molecule has 2 aromatic carbocycles. The Bertz CT molecular complexity index is 1610. The lowest BCUT2D eigenvalue weighted by molar-refractivity contribution is 0.0589. The van der Waals surface area contributed by atoms with Crippen molar-refractivity contribution in [3.8, 4) is 11.1 Å². The van der Waals surface area contributed by atoms with Gasteiger partial charge in [0.2, 0.25) is 0 Å². The molecule has 11 heteroatoms. The predicted molar refractivity (Wildman–Crippen MR) is 155 cm³/mol. The number of aryl methyl sites for hydroxylation is 1. The van der Waals surface area contributed by atoms with E-state index in [4.69, 9.17) is 27.9 Å². The minimum Gasteiger partial charge on any atom is -0.443 e. The molecule has 8 nitrogen and oxygen atoms in total. The van der Waals surface area contributed by atoms with Gasteiger partial charge in [-0.05, 0) is 50.1 Å². The summed E-state index contributed by atoms with van der Waals surface area (Å²) < 4.78 is 31.6. The Morgan fingerprint density at radius 1 is 1.03 bits per heavy atom. The van der Waals surface area contributed by atoms with Crippen molar-refractivity contribution in [1.29, 1.82) is 0 Å². The van der Waals surface area contributed by atoms with Gasteiger partial charge in [-0.25, -0.2) is 13.2 Å². The molecule has 0 aliphatic heterocycles. The summed E-state index contributed by atoms with van der Waals surface area (Å²) in [4.78, 5) is 40.6. The number of carbonyl (C=O) groups excluding carboxylic acids is 2. The van der Waals surface area contributed by atoms with Crippen molar-refractivity contribution in [2.45, 2.75) is 39.0 Å². The minimum atomic E-state index is -3.41. The first-order valence-electron chi connectivity index (χ1n) is 12.0. The molecule has 0 N–H and O–H groups in total. The number of hydrogen-bond donors (Lipinski definition) is 0. The first-order valence-corrected chi connectivity index (χ1v) is 14.6. The second-order valence-electron chi connectivity index (χ2n) is 10.0. The summed E-state index contributed by atoms with van der Waals surface area (Å²) in [5.41, 5.74) is 0.363. The Hall–Kier alpha value is -3.14. The van der Waals surface area contributed by atoms with Crippen molar-refractivity contribution in [3.05, 3.63) is 85.8 Å². The number of nitrogens with zero attached hydrogens (tertiary/aromatic N) is 2. The van der Waals surface area contributed by atoms with Crippen LogP contribution in [-0.2, 0) is 27.4 Å². The number of sulfone groups is 1. The molecule has 1 heterocycles. The van der Waals surface area contributed by atoms with Crippen LogP contribution in [0, 0.1) is 0 Å². The molecular formula is C28H30Cl2N2O6S. The fourth-order valence-corrected chi connectivity index (χ4v) is 5.09. The average Bonchev–Trinajstić information content (AvgIpc) is 2.85. The van der Waals surface area contributed by atoms with Crippen LogP contribution in [0.5, 0.6) is 0 Å². The second-order valence-corrected chi connectivity index (χ2v) is 13.2. The first-order chi connectivity index (χ1) is 18.0. The van der Waals surface area contributed by atoms with Crippen LogP contribution in [0.25, 0.3) is 11.1 Å². The van der Waals surface area contributed by atoms with Crippen molar-refractivity contribution >= 4 is 50.6 Å². The second kappa shape index (κ2) is 11.5. The lowest BCUT2D eigenvalue weighted by Crippen LogP contribution is -2.35. The average molecular weight is 594 g/mol. The number of aromatic nitrogens is 1. The Morgan fingerprint density at radius 3 is 2.31 bits per heavy atom. The van der Waals surface area contributed by atoms with E-state index in [1.165, 1.54) is 48.0 Å². The van der Waals surface area contributed by atoms with Gasteiger partial charge >= 0.3 is 6.09 Å². The zero-order valence-corrected chi connectivity index (χ0v) is 24.9. The van der Waals surface area contributed by atoms with Crippen molar-refractivity contribution in [3.63, 3.8) is 0 Å². The van der Waals surface area contributed by atoms with Crippen LogP contribution in [0.1, 0.15) is 49.2 Å². The maximum absolute atomic E-state index is 13.8. The Kier molecular flexibility index (Phi) is 8.99. The lowest BCUT2D eigenvalue weighted by atomic mass is 9.92. The standard InChI is InChI=1S/C28H30Cl2N2O6S/c1-7-39(36,37)16-17-11-12-18(26(34)19-9-8-10-22(29)25(19)30)20(13-17)21-15-31(5)24(33)14-23(21)32(6)27(35)38-28(2,3)4/h8-15H,7,16H2,1-6H3. The molecule has 0 radical (unpaired) electrons. The van der Waals surface area contributed by atoms with Gasteiger partial charge in [0.25, 0.3) is 5.56 Å². The number of benzene rings is 2. The van der Waals surface area contributed by atoms with E-state index in [0.29, 0.717) is 16.7 Å². The molecule has 1 amide bonds. The van der Waals surface area contributed by atoms with E-state index in [-0.39, 0.29) is 38.4 Å². The topological polar surface area (TPSA) is 103 Å². The van der Waals surface area contributed by atoms with E-state index >= 15 is 0 Å². The van der Waals surface area contributed by atoms with Gasteiger partial charge in [-0.1, -0.05) is 48.3 Å². The Labute approximate surface area is 238 Å². The van der Waals surface area contributed by atoms with Crippen molar-refractivity contribution in [1.82, 2.24) is 4.57 Å². The van der Waals surface area contributed by atoms with E-state index < -0.39 is 32.9 Å². The van der Waals surface area contributed by atoms with E-state index in [9.17, 15) is 22.8 Å². The van der Waals surface area contributed by atoms with Crippen LogP contribution in [0.4, 0.5) is 10.5 Å². The first kappa shape index (κ1) is 30.4. The predicted octanol–water partition coefficient (Wildman–Crippen LogP) is 5.90. The monoisotopic (exact) mass is 592 g/mol. The number of carbonyl (C=O) groups is 2. The molecular weight excluding hydrogens is 563 g/mol. The molecule has 208 valence electrons. The highest BCUT2D eigenvalue weighted by molar-refractivity contribution is 7.90. The largest absolute Gasteiger partial charge is 0.443 e.